The molecule has 0 fully saturated rings. The number of carbonyl (C=O) groups is 1. The fraction of sp³-hybridized carbons (Fsp3) is 0.643. The Bertz CT molecular complexity index is 385. The number of hydrogen-bond donors (Lipinski definition) is 1. The van der Waals surface area contributed by atoms with Gasteiger partial charge in [0.2, 0.25) is 0 Å². The Morgan fingerprint density at radius 1 is 1.39 bits per heavy atom. The Morgan fingerprint density at radius 2 is 2.11 bits per heavy atom. The Morgan fingerprint density at radius 3 is 2.67 bits per heavy atom. The van der Waals surface area contributed by atoms with Crippen molar-refractivity contribution in [2.24, 2.45) is 5.41 Å². The van der Waals surface area contributed by atoms with Crippen molar-refractivity contribution in [3.05, 3.63) is 22.6 Å². The van der Waals surface area contributed by atoms with Gasteiger partial charge in [-0.2, -0.15) is 0 Å². The molecule has 1 aromatic heterocycles. The lowest BCUT2D eigenvalue weighted by atomic mass is 9.87. The first-order chi connectivity index (χ1) is 8.44. The van der Waals surface area contributed by atoms with Gasteiger partial charge in [0.25, 0.3) is 5.91 Å². The summed E-state index contributed by atoms with van der Waals surface area (Å²) in [6.45, 7) is 7.24. The molecule has 1 N–H and O–H groups in total. The number of amides is 1. The fourth-order valence-corrected chi connectivity index (χ4v) is 2.09. The van der Waals surface area contributed by atoms with Crippen LogP contribution >= 0.6 is 15.9 Å². The van der Waals surface area contributed by atoms with Crippen LogP contribution in [0.5, 0.6) is 0 Å². The van der Waals surface area contributed by atoms with E-state index in [1.165, 1.54) is 19.3 Å². The summed E-state index contributed by atoms with van der Waals surface area (Å²) in [7, 11) is 0. The van der Waals surface area contributed by atoms with Crippen molar-refractivity contribution >= 4 is 21.8 Å². The second-order valence-electron chi connectivity index (χ2n) is 5.41. The van der Waals surface area contributed by atoms with Gasteiger partial charge in [-0.25, -0.2) is 0 Å². The van der Waals surface area contributed by atoms with E-state index in [4.69, 9.17) is 4.42 Å². The van der Waals surface area contributed by atoms with E-state index in [0.717, 1.165) is 6.42 Å². The third-order valence-corrected chi connectivity index (χ3v) is 3.41. The normalized spacial score (nSPS) is 11.6. The summed E-state index contributed by atoms with van der Waals surface area (Å²) >= 11 is 3.19. The largest absolute Gasteiger partial charge is 0.444 e. The second-order valence-corrected chi connectivity index (χ2v) is 6.19. The quantitative estimate of drug-likeness (QED) is 0.759. The van der Waals surface area contributed by atoms with Gasteiger partial charge in [0, 0.05) is 6.54 Å². The summed E-state index contributed by atoms with van der Waals surface area (Å²) in [6.07, 6.45) is 4.82. The number of nitrogens with one attached hydrogen (secondary N) is 1. The second kappa shape index (κ2) is 6.98. The molecule has 0 unspecified atom stereocenters. The van der Waals surface area contributed by atoms with Crippen LogP contribution in [0.15, 0.2) is 21.2 Å². The summed E-state index contributed by atoms with van der Waals surface area (Å²) in [5, 5.41) is 2.93. The molecule has 0 spiro atoms. The molecular formula is C14H22BrNO2. The van der Waals surface area contributed by atoms with Gasteiger partial charge >= 0.3 is 0 Å². The van der Waals surface area contributed by atoms with Crippen LogP contribution in [0.25, 0.3) is 0 Å². The molecule has 1 heterocycles. The van der Waals surface area contributed by atoms with Gasteiger partial charge in [-0.3, -0.25) is 4.79 Å². The van der Waals surface area contributed by atoms with E-state index in [2.05, 4.69) is 42.0 Å². The molecule has 0 aliphatic heterocycles. The van der Waals surface area contributed by atoms with Crippen molar-refractivity contribution < 1.29 is 9.21 Å². The van der Waals surface area contributed by atoms with E-state index in [9.17, 15) is 4.79 Å². The number of furan rings is 1. The molecule has 4 heteroatoms. The summed E-state index contributed by atoms with van der Waals surface area (Å²) < 4.78 is 5.79. The molecule has 0 aliphatic carbocycles. The van der Waals surface area contributed by atoms with Crippen LogP contribution in [-0.2, 0) is 0 Å². The van der Waals surface area contributed by atoms with E-state index < -0.39 is 0 Å². The maximum absolute atomic E-state index is 11.8. The summed E-state index contributed by atoms with van der Waals surface area (Å²) in [5.41, 5.74) is 0.134. The highest BCUT2D eigenvalue weighted by Gasteiger charge is 2.19. The van der Waals surface area contributed by atoms with Crippen LogP contribution < -0.4 is 5.32 Å². The minimum atomic E-state index is -0.149. The lowest BCUT2D eigenvalue weighted by Crippen LogP contribution is -2.33. The van der Waals surface area contributed by atoms with Crippen molar-refractivity contribution in [3.8, 4) is 0 Å². The van der Waals surface area contributed by atoms with Gasteiger partial charge in [-0.05, 0) is 39.9 Å². The van der Waals surface area contributed by atoms with Crippen LogP contribution in [0, 0.1) is 5.41 Å². The highest BCUT2D eigenvalue weighted by molar-refractivity contribution is 9.10. The average Bonchev–Trinajstić information content (AvgIpc) is 2.73. The predicted molar refractivity (Wildman–Crippen MR) is 76.7 cm³/mol. The Balaban J connectivity index is 2.37. The maximum atomic E-state index is 11.8. The van der Waals surface area contributed by atoms with Crippen molar-refractivity contribution in [1.82, 2.24) is 5.32 Å². The number of carbonyl (C=O) groups excluding carboxylic acids is 1. The Labute approximate surface area is 117 Å². The Hall–Kier alpha value is -0.770. The third kappa shape index (κ3) is 5.25. The molecule has 0 bridgehead atoms. The molecule has 102 valence electrons. The van der Waals surface area contributed by atoms with Crippen LogP contribution in [0.4, 0.5) is 0 Å². The molecular weight excluding hydrogens is 294 g/mol. The molecule has 0 radical (unpaired) electrons. The molecule has 0 aliphatic rings. The van der Waals surface area contributed by atoms with E-state index in [0.29, 0.717) is 17.0 Å². The summed E-state index contributed by atoms with van der Waals surface area (Å²) in [4.78, 5) is 11.8. The highest BCUT2D eigenvalue weighted by Crippen LogP contribution is 2.23. The van der Waals surface area contributed by atoms with E-state index in [1.807, 2.05) is 0 Å². The van der Waals surface area contributed by atoms with Crippen LogP contribution in [0.2, 0.25) is 0 Å². The minimum Gasteiger partial charge on any atom is -0.444 e. The van der Waals surface area contributed by atoms with Gasteiger partial charge in [0.1, 0.15) is 0 Å². The topological polar surface area (TPSA) is 42.2 Å². The molecule has 0 atom stereocenters. The smallest absolute Gasteiger partial charge is 0.287 e. The number of rotatable bonds is 7. The van der Waals surface area contributed by atoms with Crippen molar-refractivity contribution in [2.45, 2.75) is 46.5 Å². The minimum absolute atomic E-state index is 0.134. The molecule has 0 saturated heterocycles. The van der Waals surface area contributed by atoms with Crippen LogP contribution in [0.1, 0.15) is 57.0 Å². The van der Waals surface area contributed by atoms with Gasteiger partial charge in [0.05, 0.1) is 0 Å². The lowest BCUT2D eigenvalue weighted by Gasteiger charge is -2.24. The zero-order valence-corrected chi connectivity index (χ0v) is 13.0. The van der Waals surface area contributed by atoms with Gasteiger partial charge in [0.15, 0.2) is 10.4 Å². The molecule has 3 nitrogen and oxygen atoms in total. The number of halogens is 1. The van der Waals surface area contributed by atoms with Gasteiger partial charge < -0.3 is 9.73 Å². The van der Waals surface area contributed by atoms with E-state index in [1.54, 1.807) is 12.1 Å². The predicted octanol–water partition coefficient (Wildman–Crippen LogP) is 4.38. The number of unbranched alkanes of at least 4 members (excludes halogenated alkanes) is 2. The molecule has 0 aromatic carbocycles. The van der Waals surface area contributed by atoms with Gasteiger partial charge in [-0.15, -0.1) is 0 Å². The van der Waals surface area contributed by atoms with Crippen LogP contribution in [-0.4, -0.2) is 12.5 Å². The molecule has 18 heavy (non-hydrogen) atoms. The first-order valence-corrected chi connectivity index (χ1v) is 7.27. The zero-order valence-electron chi connectivity index (χ0n) is 11.4. The lowest BCUT2D eigenvalue weighted by molar-refractivity contribution is 0.0905. The van der Waals surface area contributed by atoms with Crippen molar-refractivity contribution in [1.29, 1.82) is 0 Å². The van der Waals surface area contributed by atoms with Crippen LogP contribution in [0.3, 0.4) is 0 Å². The molecule has 1 aromatic rings. The molecule has 1 rings (SSSR count). The third-order valence-electron chi connectivity index (χ3n) is 2.98. The first-order valence-electron chi connectivity index (χ1n) is 6.48. The fourth-order valence-electron chi connectivity index (χ4n) is 1.78. The SMILES string of the molecule is CCCCCC(C)(C)CNC(=O)c1ccc(Br)o1. The monoisotopic (exact) mass is 315 g/mol. The van der Waals surface area contributed by atoms with E-state index in [-0.39, 0.29) is 11.3 Å². The Kier molecular flexibility index (Phi) is 5.93. The standard InChI is InChI=1S/C14H22BrNO2/c1-4-5-6-9-14(2,3)10-16-13(17)11-7-8-12(15)18-11/h7-8H,4-6,9-10H2,1-3H3,(H,16,17). The first kappa shape index (κ1) is 15.3. The van der Waals surface area contributed by atoms with E-state index >= 15 is 0 Å². The highest BCUT2D eigenvalue weighted by atomic mass is 79.9. The zero-order chi connectivity index (χ0) is 13.6. The number of hydrogen-bond acceptors (Lipinski definition) is 2. The maximum Gasteiger partial charge on any atom is 0.287 e. The summed E-state index contributed by atoms with van der Waals surface area (Å²) in [6, 6.07) is 3.39. The van der Waals surface area contributed by atoms with Crippen molar-refractivity contribution in [2.75, 3.05) is 6.54 Å². The summed E-state index contributed by atoms with van der Waals surface area (Å²) in [5.74, 6) is 0.204. The molecule has 0 saturated carbocycles. The average molecular weight is 316 g/mol. The van der Waals surface area contributed by atoms with Gasteiger partial charge in [-0.1, -0.05) is 40.0 Å². The van der Waals surface area contributed by atoms with Crippen molar-refractivity contribution in [3.63, 3.8) is 0 Å². The molecule has 1 amide bonds.